The summed E-state index contributed by atoms with van der Waals surface area (Å²) in [6.45, 7) is 3.24. The highest BCUT2D eigenvalue weighted by Gasteiger charge is 2.31. The summed E-state index contributed by atoms with van der Waals surface area (Å²) in [7, 11) is -3.24. The smallest absolute Gasteiger partial charge is 0.326 e. The highest BCUT2D eigenvalue weighted by molar-refractivity contribution is 7.90. The number of carbonyl (C=O) groups excluding carboxylic acids is 1. The first-order valence-electron chi connectivity index (χ1n) is 6.12. The summed E-state index contributed by atoms with van der Waals surface area (Å²) in [5.74, 6) is -1.88. The van der Waals surface area contributed by atoms with Crippen molar-refractivity contribution in [1.82, 2.24) is 10.6 Å². The van der Waals surface area contributed by atoms with E-state index in [2.05, 4.69) is 10.6 Å². The molecule has 1 aliphatic heterocycles. The zero-order valence-corrected chi connectivity index (χ0v) is 11.9. The van der Waals surface area contributed by atoms with Crippen molar-refractivity contribution in [2.45, 2.75) is 19.4 Å². The van der Waals surface area contributed by atoms with Gasteiger partial charge in [0.25, 0.3) is 0 Å². The Hall–Kier alpha value is -1.15. The van der Waals surface area contributed by atoms with Gasteiger partial charge in [-0.3, -0.25) is 4.79 Å². The van der Waals surface area contributed by atoms with E-state index in [1.165, 1.54) is 0 Å². The number of nitrogens with one attached hydrogen (secondary N) is 2. The number of aliphatic carboxylic acids is 1. The Balaban J connectivity index is 2.52. The fourth-order valence-electron chi connectivity index (χ4n) is 1.77. The highest BCUT2D eigenvalue weighted by atomic mass is 32.2. The second-order valence-corrected chi connectivity index (χ2v) is 7.28. The molecular formula is C11H20N2O5S. The van der Waals surface area contributed by atoms with Crippen LogP contribution in [0, 0.1) is 11.8 Å². The quantitative estimate of drug-likeness (QED) is 0.546. The first-order chi connectivity index (χ1) is 8.70. The van der Waals surface area contributed by atoms with Crippen LogP contribution in [0.5, 0.6) is 0 Å². The third kappa shape index (κ3) is 5.15. The molecule has 1 aliphatic rings. The molecule has 7 nitrogen and oxygen atoms in total. The lowest BCUT2D eigenvalue weighted by Crippen LogP contribution is -2.52. The molecule has 0 aliphatic carbocycles. The van der Waals surface area contributed by atoms with Crippen molar-refractivity contribution in [2.75, 3.05) is 25.1 Å². The van der Waals surface area contributed by atoms with Gasteiger partial charge in [0.05, 0.1) is 5.75 Å². The molecule has 2 atom stereocenters. The Morgan fingerprint density at radius 2 is 2.00 bits per heavy atom. The van der Waals surface area contributed by atoms with E-state index in [4.69, 9.17) is 5.11 Å². The van der Waals surface area contributed by atoms with Gasteiger partial charge in [0.2, 0.25) is 5.91 Å². The Morgan fingerprint density at radius 3 is 2.37 bits per heavy atom. The lowest BCUT2D eigenvalue weighted by Gasteiger charge is -2.32. The van der Waals surface area contributed by atoms with E-state index in [0.717, 1.165) is 19.3 Å². The van der Waals surface area contributed by atoms with Gasteiger partial charge in [-0.25, -0.2) is 13.2 Å². The summed E-state index contributed by atoms with van der Waals surface area (Å²) in [5, 5.41) is 14.4. The van der Waals surface area contributed by atoms with Crippen molar-refractivity contribution >= 4 is 21.7 Å². The second-order valence-electron chi connectivity index (χ2n) is 5.02. The van der Waals surface area contributed by atoms with Gasteiger partial charge in [-0.1, -0.05) is 6.92 Å². The van der Waals surface area contributed by atoms with E-state index in [0.29, 0.717) is 0 Å². The monoisotopic (exact) mass is 292 g/mol. The molecule has 19 heavy (non-hydrogen) atoms. The number of hydrogen-bond donors (Lipinski definition) is 3. The Labute approximate surface area is 112 Å². The summed E-state index contributed by atoms with van der Waals surface area (Å²) >= 11 is 0. The van der Waals surface area contributed by atoms with Crippen LogP contribution in [0.3, 0.4) is 0 Å². The van der Waals surface area contributed by atoms with Gasteiger partial charge in [-0.2, -0.15) is 0 Å². The van der Waals surface area contributed by atoms with Crippen molar-refractivity contribution in [1.29, 1.82) is 0 Å². The molecule has 0 radical (unpaired) electrons. The van der Waals surface area contributed by atoms with E-state index in [-0.39, 0.29) is 29.9 Å². The van der Waals surface area contributed by atoms with Crippen LogP contribution in [-0.4, -0.2) is 56.5 Å². The maximum Gasteiger partial charge on any atom is 0.326 e. The molecule has 8 heteroatoms. The number of carbonyl (C=O) groups is 2. The fraction of sp³-hybridized carbons (Fsp3) is 0.818. The molecule has 1 saturated heterocycles. The minimum Gasteiger partial charge on any atom is -0.480 e. The SMILES string of the molecule is CC(C(=O)NC(CCS(C)(=O)=O)C(=O)O)C1CNC1. The lowest BCUT2D eigenvalue weighted by atomic mass is 9.88. The Bertz CT molecular complexity index is 444. The van der Waals surface area contributed by atoms with Crippen molar-refractivity contribution in [2.24, 2.45) is 11.8 Å². The van der Waals surface area contributed by atoms with Gasteiger partial charge in [-0.05, 0) is 25.4 Å². The van der Waals surface area contributed by atoms with Crippen LogP contribution in [0.4, 0.5) is 0 Å². The zero-order chi connectivity index (χ0) is 14.6. The minimum absolute atomic E-state index is 0.116. The molecule has 1 fully saturated rings. The van der Waals surface area contributed by atoms with Crippen LogP contribution >= 0.6 is 0 Å². The number of rotatable bonds is 7. The van der Waals surface area contributed by atoms with Gasteiger partial charge in [-0.15, -0.1) is 0 Å². The van der Waals surface area contributed by atoms with Crippen LogP contribution in [0.15, 0.2) is 0 Å². The summed E-state index contributed by atoms with van der Waals surface area (Å²) in [6.07, 6.45) is 0.923. The van der Waals surface area contributed by atoms with Crippen LogP contribution in [0.2, 0.25) is 0 Å². The van der Waals surface area contributed by atoms with Crippen molar-refractivity contribution in [3.63, 3.8) is 0 Å². The number of carboxylic acid groups (broad SMARTS) is 1. The van der Waals surface area contributed by atoms with E-state index in [1.807, 2.05) is 0 Å². The lowest BCUT2D eigenvalue weighted by molar-refractivity contribution is -0.142. The van der Waals surface area contributed by atoms with Gasteiger partial charge < -0.3 is 15.7 Å². The largest absolute Gasteiger partial charge is 0.480 e. The summed E-state index contributed by atoms with van der Waals surface area (Å²) in [6, 6.07) is -1.15. The third-order valence-corrected chi connectivity index (χ3v) is 4.30. The standard InChI is InChI=1S/C11H20N2O5S/c1-7(8-5-12-6-8)10(14)13-9(11(15)16)3-4-19(2,17)18/h7-9,12H,3-6H2,1-2H3,(H,13,14)(H,15,16). The third-order valence-electron chi connectivity index (χ3n) is 3.33. The Kier molecular flexibility index (Phi) is 5.30. The van der Waals surface area contributed by atoms with Crippen LogP contribution < -0.4 is 10.6 Å². The van der Waals surface area contributed by atoms with E-state index < -0.39 is 21.8 Å². The van der Waals surface area contributed by atoms with Gasteiger partial charge in [0.1, 0.15) is 15.9 Å². The number of hydrogen-bond acceptors (Lipinski definition) is 5. The summed E-state index contributed by atoms with van der Waals surface area (Å²) in [5.41, 5.74) is 0. The van der Waals surface area contributed by atoms with Crippen molar-refractivity contribution < 1.29 is 23.1 Å². The molecule has 110 valence electrons. The van der Waals surface area contributed by atoms with Crippen molar-refractivity contribution in [3.05, 3.63) is 0 Å². The van der Waals surface area contributed by atoms with E-state index in [9.17, 15) is 18.0 Å². The summed E-state index contributed by atoms with van der Waals surface area (Å²) in [4.78, 5) is 22.9. The molecule has 0 aromatic rings. The first kappa shape index (κ1) is 15.9. The van der Waals surface area contributed by atoms with Crippen LogP contribution in [0.25, 0.3) is 0 Å². The molecule has 0 bridgehead atoms. The highest BCUT2D eigenvalue weighted by Crippen LogP contribution is 2.16. The van der Waals surface area contributed by atoms with Gasteiger partial charge in [0, 0.05) is 12.2 Å². The van der Waals surface area contributed by atoms with E-state index in [1.54, 1.807) is 6.92 Å². The maximum atomic E-state index is 11.9. The summed E-state index contributed by atoms with van der Waals surface area (Å²) < 4.78 is 22.1. The number of amides is 1. The predicted molar refractivity (Wildman–Crippen MR) is 69.4 cm³/mol. The molecule has 3 N–H and O–H groups in total. The molecule has 1 amide bonds. The molecule has 1 heterocycles. The zero-order valence-electron chi connectivity index (χ0n) is 11.0. The molecule has 1 rings (SSSR count). The topological polar surface area (TPSA) is 113 Å². The van der Waals surface area contributed by atoms with E-state index >= 15 is 0 Å². The van der Waals surface area contributed by atoms with Gasteiger partial charge in [0.15, 0.2) is 0 Å². The predicted octanol–water partition coefficient (Wildman–Crippen LogP) is -1.15. The maximum absolute atomic E-state index is 11.9. The molecular weight excluding hydrogens is 272 g/mol. The number of sulfone groups is 1. The molecule has 2 unspecified atom stereocenters. The minimum atomic E-state index is -3.24. The molecule has 0 spiro atoms. The average molecular weight is 292 g/mol. The first-order valence-corrected chi connectivity index (χ1v) is 8.18. The molecule has 0 aromatic carbocycles. The average Bonchev–Trinajstić information content (AvgIpc) is 2.19. The molecule has 0 saturated carbocycles. The normalized spacial score (nSPS) is 19.3. The fourth-order valence-corrected chi connectivity index (χ4v) is 2.43. The molecule has 0 aromatic heterocycles. The van der Waals surface area contributed by atoms with Crippen LogP contribution in [-0.2, 0) is 19.4 Å². The Morgan fingerprint density at radius 1 is 1.42 bits per heavy atom. The van der Waals surface area contributed by atoms with Gasteiger partial charge >= 0.3 is 5.97 Å². The van der Waals surface area contributed by atoms with Crippen LogP contribution in [0.1, 0.15) is 13.3 Å². The number of carboxylic acids is 1. The van der Waals surface area contributed by atoms with Crippen molar-refractivity contribution in [3.8, 4) is 0 Å². The second kappa shape index (κ2) is 6.33.